The molecule has 0 aliphatic carbocycles. The lowest BCUT2D eigenvalue weighted by Gasteiger charge is -2.10. The Hall–Kier alpha value is -3.36. The Kier molecular flexibility index (Phi) is 6.20. The van der Waals surface area contributed by atoms with Crippen LogP contribution in [0.2, 0.25) is 5.02 Å². The average molecular weight is 456 g/mol. The first-order chi connectivity index (χ1) is 15.0. The number of aromatic nitrogens is 2. The number of amides is 1. The summed E-state index contributed by atoms with van der Waals surface area (Å²) in [6.07, 6.45) is 1.77. The molecule has 2 aromatic heterocycles. The van der Waals surface area contributed by atoms with E-state index in [2.05, 4.69) is 10.3 Å². The standard InChI is InChI=1S/C22H18ClN3O4S/c1-14-11-26-21(28)10-16(25-22(26)31-14)12-29-17-8-6-15(7-9-17)24-20(27)13-30-19-5-3-2-4-18(19)23/h2-11H,12-13H2,1H3,(H,24,27). The van der Waals surface area contributed by atoms with E-state index in [9.17, 15) is 9.59 Å². The second kappa shape index (κ2) is 9.20. The molecule has 0 aliphatic rings. The molecule has 31 heavy (non-hydrogen) atoms. The molecule has 1 N–H and O–H groups in total. The number of para-hydroxylation sites is 1. The number of anilines is 1. The van der Waals surface area contributed by atoms with Crippen molar-refractivity contribution in [2.24, 2.45) is 0 Å². The highest BCUT2D eigenvalue weighted by Crippen LogP contribution is 2.23. The zero-order valence-electron chi connectivity index (χ0n) is 16.5. The van der Waals surface area contributed by atoms with Gasteiger partial charge in [0, 0.05) is 22.8 Å². The molecule has 1 amide bonds. The van der Waals surface area contributed by atoms with E-state index in [4.69, 9.17) is 21.1 Å². The molecule has 2 aromatic carbocycles. The van der Waals surface area contributed by atoms with Crippen LogP contribution in [0.15, 0.2) is 65.6 Å². The summed E-state index contributed by atoms with van der Waals surface area (Å²) in [5, 5.41) is 3.19. The van der Waals surface area contributed by atoms with Crippen LogP contribution in [0.5, 0.6) is 11.5 Å². The summed E-state index contributed by atoms with van der Waals surface area (Å²) >= 11 is 7.46. The average Bonchev–Trinajstić information content (AvgIpc) is 3.13. The minimum absolute atomic E-state index is 0.134. The zero-order chi connectivity index (χ0) is 21.8. The molecule has 0 bridgehead atoms. The molecular formula is C22H18ClN3O4S. The molecule has 9 heteroatoms. The Labute approximate surface area is 186 Å². The Balaban J connectivity index is 1.31. The number of hydrogen-bond acceptors (Lipinski definition) is 6. The van der Waals surface area contributed by atoms with Crippen molar-refractivity contribution in [1.82, 2.24) is 9.38 Å². The molecule has 4 rings (SSSR count). The number of rotatable bonds is 7. The van der Waals surface area contributed by atoms with E-state index in [0.29, 0.717) is 32.9 Å². The maximum atomic E-state index is 12.2. The molecule has 0 fully saturated rings. The van der Waals surface area contributed by atoms with Gasteiger partial charge in [0.25, 0.3) is 11.5 Å². The number of carbonyl (C=O) groups excluding carboxylic acids is 1. The Bertz CT molecular complexity index is 1280. The number of thiazole rings is 1. The number of hydrogen-bond donors (Lipinski definition) is 1. The quantitative estimate of drug-likeness (QED) is 0.449. The molecule has 158 valence electrons. The summed E-state index contributed by atoms with van der Waals surface area (Å²) in [5.74, 6) is 0.736. The largest absolute Gasteiger partial charge is 0.487 e. The van der Waals surface area contributed by atoms with Crippen molar-refractivity contribution in [2.45, 2.75) is 13.5 Å². The fraction of sp³-hybridized carbons (Fsp3) is 0.136. The fourth-order valence-corrected chi connectivity index (χ4v) is 3.87. The van der Waals surface area contributed by atoms with Gasteiger partial charge in [-0.05, 0) is 43.3 Å². The molecule has 4 aromatic rings. The lowest BCUT2D eigenvalue weighted by Crippen LogP contribution is -2.20. The van der Waals surface area contributed by atoms with Crippen LogP contribution in [0.1, 0.15) is 10.6 Å². The van der Waals surface area contributed by atoms with E-state index >= 15 is 0 Å². The molecule has 0 saturated heterocycles. The van der Waals surface area contributed by atoms with Crippen LogP contribution in [-0.2, 0) is 11.4 Å². The van der Waals surface area contributed by atoms with Crippen molar-refractivity contribution in [3.8, 4) is 11.5 Å². The number of aryl methyl sites for hydroxylation is 1. The van der Waals surface area contributed by atoms with Crippen molar-refractivity contribution < 1.29 is 14.3 Å². The molecule has 0 saturated carbocycles. The van der Waals surface area contributed by atoms with Crippen molar-refractivity contribution >= 4 is 39.5 Å². The van der Waals surface area contributed by atoms with Gasteiger partial charge < -0.3 is 14.8 Å². The number of nitrogens with one attached hydrogen (secondary N) is 1. The third-order valence-corrected chi connectivity index (χ3v) is 5.47. The van der Waals surface area contributed by atoms with Gasteiger partial charge in [0.1, 0.15) is 18.1 Å². The number of ether oxygens (including phenoxy) is 2. The van der Waals surface area contributed by atoms with E-state index < -0.39 is 0 Å². The van der Waals surface area contributed by atoms with Gasteiger partial charge in [-0.25, -0.2) is 4.98 Å². The predicted molar refractivity (Wildman–Crippen MR) is 120 cm³/mol. The van der Waals surface area contributed by atoms with Gasteiger partial charge in [0.2, 0.25) is 0 Å². The molecule has 0 radical (unpaired) electrons. The van der Waals surface area contributed by atoms with Crippen LogP contribution in [-0.4, -0.2) is 21.9 Å². The van der Waals surface area contributed by atoms with Gasteiger partial charge in [-0.15, -0.1) is 11.3 Å². The smallest absolute Gasteiger partial charge is 0.262 e. The summed E-state index contributed by atoms with van der Waals surface area (Å²) in [7, 11) is 0. The van der Waals surface area contributed by atoms with Crippen molar-refractivity contribution in [2.75, 3.05) is 11.9 Å². The van der Waals surface area contributed by atoms with E-state index in [1.54, 1.807) is 54.7 Å². The summed E-state index contributed by atoms with van der Waals surface area (Å²) in [5.41, 5.74) is 1.03. The molecule has 0 aliphatic heterocycles. The zero-order valence-corrected chi connectivity index (χ0v) is 18.1. The highest BCUT2D eigenvalue weighted by Gasteiger charge is 2.08. The summed E-state index contributed by atoms with van der Waals surface area (Å²) in [4.78, 5) is 30.3. The molecule has 0 spiro atoms. The predicted octanol–water partition coefficient (Wildman–Crippen LogP) is 4.31. The first-order valence-electron chi connectivity index (χ1n) is 9.37. The van der Waals surface area contributed by atoms with E-state index in [1.165, 1.54) is 21.8 Å². The van der Waals surface area contributed by atoms with Crippen LogP contribution in [0, 0.1) is 6.92 Å². The fourth-order valence-electron chi connectivity index (χ4n) is 2.83. The van der Waals surface area contributed by atoms with Crippen LogP contribution in [0.25, 0.3) is 4.96 Å². The second-order valence-corrected chi connectivity index (χ2v) is 8.28. The van der Waals surface area contributed by atoms with Gasteiger partial charge in [-0.1, -0.05) is 23.7 Å². The minimum atomic E-state index is -0.308. The van der Waals surface area contributed by atoms with Crippen LogP contribution < -0.4 is 20.3 Å². The summed E-state index contributed by atoms with van der Waals surface area (Å²) in [6, 6.07) is 15.3. The summed E-state index contributed by atoms with van der Waals surface area (Å²) < 4.78 is 12.7. The monoisotopic (exact) mass is 455 g/mol. The van der Waals surface area contributed by atoms with Gasteiger partial charge in [-0.3, -0.25) is 14.0 Å². The maximum Gasteiger partial charge on any atom is 0.262 e. The van der Waals surface area contributed by atoms with Crippen molar-refractivity contribution in [3.63, 3.8) is 0 Å². The number of fused-ring (bicyclic) bond motifs is 1. The minimum Gasteiger partial charge on any atom is -0.487 e. The third kappa shape index (κ3) is 5.22. The van der Waals surface area contributed by atoms with Crippen molar-refractivity contribution in [1.29, 1.82) is 0 Å². The number of nitrogens with zero attached hydrogens (tertiary/aromatic N) is 2. The summed E-state index contributed by atoms with van der Waals surface area (Å²) in [6.45, 7) is 1.94. The Morgan fingerprint density at radius 3 is 2.71 bits per heavy atom. The topological polar surface area (TPSA) is 81.9 Å². The molecule has 2 heterocycles. The van der Waals surface area contributed by atoms with Gasteiger partial charge in [-0.2, -0.15) is 0 Å². The molecule has 7 nitrogen and oxygen atoms in total. The SMILES string of the molecule is Cc1cn2c(=O)cc(COc3ccc(NC(=O)COc4ccccc4Cl)cc3)nc2s1. The molecule has 0 atom stereocenters. The van der Waals surface area contributed by atoms with Crippen LogP contribution >= 0.6 is 22.9 Å². The first kappa shape index (κ1) is 20.9. The lowest BCUT2D eigenvalue weighted by molar-refractivity contribution is -0.118. The number of halogens is 1. The number of carbonyl (C=O) groups is 1. The normalized spacial score (nSPS) is 10.8. The van der Waals surface area contributed by atoms with Crippen LogP contribution in [0.4, 0.5) is 5.69 Å². The van der Waals surface area contributed by atoms with Gasteiger partial charge in [0.05, 0.1) is 10.7 Å². The van der Waals surface area contributed by atoms with Crippen LogP contribution in [0.3, 0.4) is 0 Å². The number of benzene rings is 2. The van der Waals surface area contributed by atoms with E-state index in [1.807, 2.05) is 6.92 Å². The first-order valence-corrected chi connectivity index (χ1v) is 10.6. The van der Waals surface area contributed by atoms with Gasteiger partial charge in [0.15, 0.2) is 11.6 Å². The lowest BCUT2D eigenvalue weighted by atomic mass is 10.3. The van der Waals surface area contributed by atoms with E-state index in [0.717, 1.165) is 4.88 Å². The molecular weight excluding hydrogens is 438 g/mol. The molecule has 0 unspecified atom stereocenters. The van der Waals surface area contributed by atoms with E-state index in [-0.39, 0.29) is 24.7 Å². The maximum absolute atomic E-state index is 12.2. The van der Waals surface area contributed by atoms with Gasteiger partial charge >= 0.3 is 0 Å². The second-order valence-electron chi connectivity index (χ2n) is 6.66. The highest BCUT2D eigenvalue weighted by molar-refractivity contribution is 7.16. The van der Waals surface area contributed by atoms with Crippen molar-refractivity contribution in [3.05, 3.63) is 86.7 Å². The third-order valence-electron chi connectivity index (χ3n) is 4.26. The Morgan fingerprint density at radius 1 is 1.16 bits per heavy atom. The highest BCUT2D eigenvalue weighted by atomic mass is 35.5. The Morgan fingerprint density at radius 2 is 1.94 bits per heavy atom.